The van der Waals surface area contributed by atoms with Crippen LogP contribution in [0, 0.1) is 0 Å². The predicted octanol–water partition coefficient (Wildman–Crippen LogP) is 2.95. The molecule has 1 aromatic carbocycles. The summed E-state index contributed by atoms with van der Waals surface area (Å²) in [6, 6.07) is 3.35. The first kappa shape index (κ1) is 13.2. The van der Waals surface area contributed by atoms with Crippen molar-refractivity contribution in [3.05, 3.63) is 27.7 Å². The highest BCUT2D eigenvalue weighted by Crippen LogP contribution is 2.51. The quantitative estimate of drug-likeness (QED) is 0.800. The van der Waals surface area contributed by atoms with Gasteiger partial charge in [-0.2, -0.15) is 0 Å². The fourth-order valence-electron chi connectivity index (χ4n) is 2.61. The molecule has 2 heterocycles. The number of hydrogen-bond acceptors (Lipinski definition) is 3. The van der Waals surface area contributed by atoms with Crippen LogP contribution in [-0.2, 0) is 20.1 Å². The van der Waals surface area contributed by atoms with E-state index in [9.17, 15) is 4.79 Å². The minimum Gasteiger partial charge on any atom is -0.338 e. The van der Waals surface area contributed by atoms with Crippen LogP contribution in [0.2, 0.25) is 10.0 Å². The van der Waals surface area contributed by atoms with Crippen molar-refractivity contribution in [2.24, 2.45) is 0 Å². The zero-order valence-electron chi connectivity index (χ0n) is 10.4. The standard InChI is InChI=1S/C13H13Cl2NO3/c1-2-16-11-9(15)5-4-8(14)10(11)13(12(16)17)18-6-3-7-19-13/h4-5H,2-3,6-7H2,1H3. The molecule has 0 aliphatic carbocycles. The van der Waals surface area contributed by atoms with Gasteiger partial charge >= 0.3 is 0 Å². The van der Waals surface area contributed by atoms with Crippen molar-refractivity contribution in [3.63, 3.8) is 0 Å². The van der Waals surface area contributed by atoms with Crippen LogP contribution in [0.5, 0.6) is 0 Å². The van der Waals surface area contributed by atoms with Crippen LogP contribution < -0.4 is 4.90 Å². The van der Waals surface area contributed by atoms with Gasteiger partial charge < -0.3 is 14.4 Å². The first-order valence-corrected chi connectivity index (χ1v) is 6.95. The molecule has 3 rings (SSSR count). The van der Waals surface area contributed by atoms with E-state index in [1.165, 1.54) is 0 Å². The second-order valence-corrected chi connectivity index (χ2v) is 5.28. The Balaban J connectivity index is 2.25. The van der Waals surface area contributed by atoms with Crippen molar-refractivity contribution in [2.75, 3.05) is 24.7 Å². The van der Waals surface area contributed by atoms with Crippen molar-refractivity contribution in [2.45, 2.75) is 19.1 Å². The maximum atomic E-state index is 12.6. The summed E-state index contributed by atoms with van der Waals surface area (Å²) in [7, 11) is 0. The Hall–Kier alpha value is -0.810. The Morgan fingerprint density at radius 3 is 2.53 bits per heavy atom. The van der Waals surface area contributed by atoms with Crippen molar-refractivity contribution < 1.29 is 14.3 Å². The molecule has 0 N–H and O–H groups in total. The summed E-state index contributed by atoms with van der Waals surface area (Å²) in [5.74, 6) is -1.66. The lowest BCUT2D eigenvalue weighted by molar-refractivity contribution is -0.256. The van der Waals surface area contributed by atoms with Gasteiger partial charge in [-0.3, -0.25) is 4.79 Å². The Morgan fingerprint density at radius 2 is 1.89 bits per heavy atom. The molecular weight excluding hydrogens is 289 g/mol. The molecule has 1 aromatic rings. The van der Waals surface area contributed by atoms with E-state index in [1.54, 1.807) is 17.0 Å². The molecule has 1 spiro atoms. The van der Waals surface area contributed by atoms with Gasteiger partial charge in [0.05, 0.1) is 34.5 Å². The van der Waals surface area contributed by atoms with Gasteiger partial charge in [-0.05, 0) is 25.5 Å². The highest BCUT2D eigenvalue weighted by molar-refractivity contribution is 6.38. The normalized spacial score (nSPS) is 21.0. The van der Waals surface area contributed by atoms with E-state index in [4.69, 9.17) is 32.7 Å². The molecule has 2 aliphatic heterocycles. The summed E-state index contributed by atoms with van der Waals surface area (Å²) in [5.41, 5.74) is 1.14. The number of fused-ring (bicyclic) bond motifs is 2. The number of hydrogen-bond donors (Lipinski definition) is 0. The highest BCUT2D eigenvalue weighted by Gasteiger charge is 2.56. The number of benzene rings is 1. The maximum Gasteiger partial charge on any atom is 0.292 e. The molecule has 2 aliphatic rings. The lowest BCUT2D eigenvalue weighted by Crippen LogP contribution is -2.47. The van der Waals surface area contributed by atoms with Crippen LogP contribution in [0.3, 0.4) is 0 Å². The second-order valence-electron chi connectivity index (χ2n) is 4.47. The summed E-state index contributed by atoms with van der Waals surface area (Å²) in [5, 5.41) is 0.912. The van der Waals surface area contributed by atoms with Gasteiger partial charge in [-0.1, -0.05) is 23.2 Å². The molecule has 6 heteroatoms. The Labute approximate surface area is 121 Å². The monoisotopic (exact) mass is 301 g/mol. The van der Waals surface area contributed by atoms with Crippen LogP contribution >= 0.6 is 23.2 Å². The minimum absolute atomic E-state index is 0.250. The third kappa shape index (κ3) is 1.71. The van der Waals surface area contributed by atoms with Gasteiger partial charge in [-0.15, -0.1) is 0 Å². The molecule has 1 fully saturated rings. The molecule has 4 nitrogen and oxygen atoms in total. The lowest BCUT2D eigenvalue weighted by Gasteiger charge is -2.32. The summed E-state index contributed by atoms with van der Waals surface area (Å²) in [4.78, 5) is 14.2. The van der Waals surface area contributed by atoms with Crippen molar-refractivity contribution in [1.82, 2.24) is 0 Å². The average molecular weight is 302 g/mol. The van der Waals surface area contributed by atoms with Crippen LogP contribution in [-0.4, -0.2) is 25.7 Å². The van der Waals surface area contributed by atoms with Crippen molar-refractivity contribution in [1.29, 1.82) is 0 Å². The SMILES string of the molecule is CCN1C(=O)C2(OCCCO2)c2c(Cl)ccc(Cl)c21. The number of amides is 1. The second kappa shape index (κ2) is 4.63. The van der Waals surface area contributed by atoms with Crippen LogP contribution in [0.15, 0.2) is 12.1 Å². The van der Waals surface area contributed by atoms with E-state index in [-0.39, 0.29) is 5.91 Å². The lowest BCUT2D eigenvalue weighted by atomic mass is 10.1. The third-order valence-corrected chi connectivity index (χ3v) is 4.04. The topological polar surface area (TPSA) is 38.8 Å². The van der Waals surface area contributed by atoms with E-state index >= 15 is 0 Å². The molecule has 1 saturated heterocycles. The summed E-state index contributed by atoms with van der Waals surface area (Å²) < 4.78 is 11.4. The Kier molecular flexibility index (Phi) is 3.21. The highest BCUT2D eigenvalue weighted by atomic mass is 35.5. The van der Waals surface area contributed by atoms with Crippen LogP contribution in [0.25, 0.3) is 0 Å². The number of rotatable bonds is 1. The van der Waals surface area contributed by atoms with E-state index < -0.39 is 5.79 Å². The smallest absolute Gasteiger partial charge is 0.292 e. The Morgan fingerprint density at radius 1 is 1.26 bits per heavy atom. The maximum absolute atomic E-state index is 12.6. The summed E-state index contributed by atoms with van der Waals surface area (Å²) >= 11 is 12.5. The molecule has 102 valence electrons. The van der Waals surface area contributed by atoms with Gasteiger partial charge in [-0.25, -0.2) is 0 Å². The third-order valence-electron chi connectivity index (χ3n) is 3.42. The van der Waals surface area contributed by atoms with Gasteiger partial charge in [0, 0.05) is 6.54 Å². The molecular formula is C13H13Cl2NO3. The zero-order chi connectivity index (χ0) is 13.6. The van der Waals surface area contributed by atoms with E-state index in [0.717, 1.165) is 6.42 Å². The molecule has 0 atom stereocenters. The number of carbonyl (C=O) groups is 1. The molecule has 0 aromatic heterocycles. The first-order valence-electron chi connectivity index (χ1n) is 6.20. The van der Waals surface area contributed by atoms with E-state index in [1.807, 2.05) is 6.92 Å². The molecule has 0 bridgehead atoms. The number of carbonyl (C=O) groups excluding carboxylic acids is 1. The minimum atomic E-state index is -1.41. The molecule has 0 saturated carbocycles. The number of likely N-dealkylation sites (N-methyl/N-ethyl adjacent to an activating group) is 1. The fourth-order valence-corrected chi connectivity index (χ4v) is 3.14. The number of nitrogens with zero attached hydrogens (tertiary/aromatic N) is 1. The number of halogens is 2. The molecule has 19 heavy (non-hydrogen) atoms. The molecule has 1 amide bonds. The van der Waals surface area contributed by atoms with Crippen LogP contribution in [0.1, 0.15) is 18.9 Å². The van der Waals surface area contributed by atoms with Gasteiger partial charge in [0.1, 0.15) is 0 Å². The van der Waals surface area contributed by atoms with Gasteiger partial charge in [0.25, 0.3) is 11.7 Å². The average Bonchev–Trinajstić information content (AvgIpc) is 2.66. The Bertz CT molecular complexity index is 541. The molecule has 0 unspecified atom stereocenters. The fraction of sp³-hybridized carbons (Fsp3) is 0.462. The molecule has 0 radical (unpaired) electrons. The van der Waals surface area contributed by atoms with Crippen molar-refractivity contribution >= 4 is 34.8 Å². The largest absolute Gasteiger partial charge is 0.338 e. The van der Waals surface area contributed by atoms with Gasteiger partial charge in [0.15, 0.2) is 0 Å². The first-order chi connectivity index (χ1) is 9.12. The van der Waals surface area contributed by atoms with Gasteiger partial charge in [0.2, 0.25) is 0 Å². The summed E-state index contributed by atoms with van der Waals surface area (Å²) in [6.07, 6.45) is 0.759. The number of anilines is 1. The number of ether oxygens (including phenoxy) is 2. The predicted molar refractivity (Wildman–Crippen MR) is 72.7 cm³/mol. The summed E-state index contributed by atoms with van der Waals surface area (Å²) in [6.45, 7) is 3.29. The zero-order valence-corrected chi connectivity index (χ0v) is 11.9. The van der Waals surface area contributed by atoms with Crippen molar-refractivity contribution in [3.8, 4) is 0 Å². The van der Waals surface area contributed by atoms with Crippen LogP contribution in [0.4, 0.5) is 5.69 Å². The van der Waals surface area contributed by atoms with E-state index in [0.29, 0.717) is 41.1 Å². The van der Waals surface area contributed by atoms with E-state index in [2.05, 4.69) is 0 Å².